The van der Waals surface area contributed by atoms with Crippen LogP contribution in [0.4, 0.5) is 0 Å². The Kier molecular flexibility index (Phi) is 5.79. The third-order valence-electron chi connectivity index (χ3n) is 4.73. The van der Waals surface area contributed by atoms with Crippen LogP contribution in [0, 0.1) is 0 Å². The number of aromatic amines is 1. The highest BCUT2D eigenvalue weighted by molar-refractivity contribution is 6.30. The number of hydrogen-bond acceptors (Lipinski definition) is 3. The molecule has 3 rings (SSSR count). The molecule has 26 heavy (non-hydrogen) atoms. The molecule has 1 saturated heterocycles. The molecule has 0 radical (unpaired) electrons. The molecular weight excluding hydrogens is 350 g/mol. The number of nitrogens with zero attached hydrogens (tertiary/aromatic N) is 2. The number of carbonyl (C=O) groups excluding carboxylic acids is 1. The molecule has 2 heterocycles. The van der Waals surface area contributed by atoms with Gasteiger partial charge in [0.1, 0.15) is 5.02 Å². The Morgan fingerprint density at radius 3 is 2.65 bits per heavy atom. The van der Waals surface area contributed by atoms with Gasteiger partial charge < -0.3 is 14.8 Å². The van der Waals surface area contributed by atoms with Crippen LogP contribution in [0.2, 0.25) is 5.02 Å². The van der Waals surface area contributed by atoms with Crippen LogP contribution in [0.25, 0.3) is 0 Å². The van der Waals surface area contributed by atoms with Crippen molar-refractivity contribution in [2.75, 3.05) is 20.6 Å². The lowest BCUT2D eigenvalue weighted by atomic mass is 9.94. The maximum Gasteiger partial charge on any atom is 0.266 e. The number of rotatable bonds is 4. The molecule has 1 aromatic heterocycles. The minimum absolute atomic E-state index is 0.0393. The number of H-pyrrole nitrogens is 1. The number of aromatic nitrogens is 1. The first-order valence-electron chi connectivity index (χ1n) is 8.88. The maximum absolute atomic E-state index is 13.0. The van der Waals surface area contributed by atoms with Gasteiger partial charge in [-0.2, -0.15) is 0 Å². The predicted molar refractivity (Wildman–Crippen MR) is 104 cm³/mol. The molecule has 1 amide bonds. The van der Waals surface area contributed by atoms with Gasteiger partial charge in [-0.15, -0.1) is 0 Å². The van der Waals surface area contributed by atoms with Crippen molar-refractivity contribution in [2.24, 2.45) is 0 Å². The zero-order valence-electron chi connectivity index (χ0n) is 15.2. The quantitative estimate of drug-likeness (QED) is 0.892. The van der Waals surface area contributed by atoms with Crippen LogP contribution >= 0.6 is 11.6 Å². The summed E-state index contributed by atoms with van der Waals surface area (Å²) in [5, 5.41) is 0.0393. The molecule has 1 aliphatic rings. The summed E-state index contributed by atoms with van der Waals surface area (Å²) in [6.45, 7) is 1.60. The Morgan fingerprint density at radius 2 is 2.00 bits per heavy atom. The van der Waals surface area contributed by atoms with Crippen LogP contribution in [-0.4, -0.2) is 41.3 Å². The number of carbonyl (C=O) groups is 1. The molecule has 1 aliphatic heterocycles. The lowest BCUT2D eigenvalue weighted by molar-refractivity contribution is 0.0611. The molecule has 0 spiro atoms. The Hall–Kier alpha value is -2.11. The van der Waals surface area contributed by atoms with Crippen molar-refractivity contribution in [3.63, 3.8) is 0 Å². The first-order chi connectivity index (χ1) is 12.5. The van der Waals surface area contributed by atoms with Gasteiger partial charge >= 0.3 is 0 Å². The molecule has 1 fully saturated rings. The lowest BCUT2D eigenvalue weighted by Crippen LogP contribution is -2.38. The minimum atomic E-state index is -0.380. The van der Waals surface area contributed by atoms with E-state index in [1.165, 1.54) is 17.8 Å². The van der Waals surface area contributed by atoms with Gasteiger partial charge in [-0.25, -0.2) is 0 Å². The molecule has 1 atom stereocenters. The highest BCUT2D eigenvalue weighted by Gasteiger charge is 2.29. The average molecular weight is 374 g/mol. The van der Waals surface area contributed by atoms with Crippen LogP contribution in [0.15, 0.2) is 41.3 Å². The average Bonchev–Trinajstić information content (AvgIpc) is 2.63. The Balaban J connectivity index is 1.84. The summed E-state index contributed by atoms with van der Waals surface area (Å²) >= 11 is 5.89. The summed E-state index contributed by atoms with van der Waals surface area (Å²) in [6, 6.07) is 10.0. The van der Waals surface area contributed by atoms with Crippen molar-refractivity contribution in [3.8, 4) is 0 Å². The van der Waals surface area contributed by atoms with Gasteiger partial charge in [0.05, 0.1) is 11.6 Å². The van der Waals surface area contributed by atoms with Crippen molar-refractivity contribution >= 4 is 17.5 Å². The van der Waals surface area contributed by atoms with Crippen LogP contribution in [0.3, 0.4) is 0 Å². The van der Waals surface area contributed by atoms with E-state index in [1.54, 1.807) is 0 Å². The fourth-order valence-corrected chi connectivity index (χ4v) is 3.65. The van der Waals surface area contributed by atoms with Gasteiger partial charge in [-0.1, -0.05) is 35.9 Å². The number of hydrogen-bond donors (Lipinski definition) is 1. The Bertz CT molecular complexity index is 830. The minimum Gasteiger partial charge on any atom is -0.332 e. The molecule has 1 N–H and O–H groups in total. The zero-order valence-corrected chi connectivity index (χ0v) is 15.9. The third kappa shape index (κ3) is 4.17. The van der Waals surface area contributed by atoms with Gasteiger partial charge in [0.15, 0.2) is 0 Å². The highest BCUT2D eigenvalue weighted by atomic mass is 35.5. The summed E-state index contributed by atoms with van der Waals surface area (Å²) in [5.74, 6) is -0.0924. The zero-order chi connectivity index (χ0) is 18.7. The summed E-state index contributed by atoms with van der Waals surface area (Å²) in [4.78, 5) is 31.0. The van der Waals surface area contributed by atoms with Crippen LogP contribution < -0.4 is 5.56 Å². The number of halogens is 1. The van der Waals surface area contributed by atoms with Gasteiger partial charge in [0.2, 0.25) is 0 Å². The Morgan fingerprint density at radius 1 is 1.27 bits per heavy atom. The molecule has 0 aliphatic carbocycles. The van der Waals surface area contributed by atoms with E-state index in [4.69, 9.17) is 11.6 Å². The number of pyridine rings is 1. The number of nitrogens with one attached hydrogen (secondary N) is 1. The number of benzene rings is 1. The summed E-state index contributed by atoms with van der Waals surface area (Å²) < 4.78 is 0. The molecule has 0 bridgehead atoms. The van der Waals surface area contributed by atoms with Crippen LogP contribution in [0.1, 0.15) is 46.8 Å². The standard InChI is InChI=1S/C20H24ClN3O2/c1-23(2)13-14-6-8-15(9-7-14)18-5-3-4-10-24(18)20(26)16-11-17(21)19(25)22-12-16/h6-9,11-12,18H,3-5,10,13H2,1-2H3,(H,22,25)/t18-/m0/s1. The van der Waals surface area contributed by atoms with E-state index in [1.807, 2.05) is 19.0 Å². The fourth-order valence-electron chi connectivity index (χ4n) is 3.48. The number of piperidine rings is 1. The second-order valence-electron chi connectivity index (χ2n) is 7.05. The van der Waals surface area contributed by atoms with Crippen molar-refractivity contribution in [3.05, 3.63) is 68.6 Å². The first-order valence-corrected chi connectivity index (χ1v) is 9.26. The fraction of sp³-hybridized carbons (Fsp3) is 0.400. The van der Waals surface area contributed by atoms with E-state index in [9.17, 15) is 9.59 Å². The number of amides is 1. The second-order valence-corrected chi connectivity index (χ2v) is 7.46. The van der Waals surface area contributed by atoms with E-state index in [-0.39, 0.29) is 22.5 Å². The molecule has 0 saturated carbocycles. The van der Waals surface area contributed by atoms with E-state index >= 15 is 0 Å². The molecule has 1 aromatic carbocycles. The first kappa shape index (κ1) is 18.7. The van der Waals surface area contributed by atoms with Gasteiger partial charge in [-0.05, 0) is 50.6 Å². The van der Waals surface area contributed by atoms with Crippen molar-refractivity contribution < 1.29 is 4.79 Å². The normalized spacial score (nSPS) is 17.5. The van der Waals surface area contributed by atoms with E-state index in [0.29, 0.717) is 12.1 Å². The van der Waals surface area contributed by atoms with Crippen molar-refractivity contribution in [1.82, 2.24) is 14.8 Å². The monoisotopic (exact) mass is 373 g/mol. The van der Waals surface area contributed by atoms with Gasteiger partial charge in [0, 0.05) is 19.3 Å². The largest absolute Gasteiger partial charge is 0.332 e. The lowest BCUT2D eigenvalue weighted by Gasteiger charge is -2.36. The smallest absolute Gasteiger partial charge is 0.266 e. The van der Waals surface area contributed by atoms with Crippen molar-refractivity contribution in [2.45, 2.75) is 31.8 Å². The van der Waals surface area contributed by atoms with Gasteiger partial charge in [0.25, 0.3) is 11.5 Å². The van der Waals surface area contributed by atoms with Crippen LogP contribution in [0.5, 0.6) is 0 Å². The van der Waals surface area contributed by atoms with Crippen molar-refractivity contribution in [1.29, 1.82) is 0 Å². The predicted octanol–water partition coefficient (Wildman–Crippen LogP) is 3.46. The van der Waals surface area contributed by atoms with E-state index < -0.39 is 0 Å². The second kappa shape index (κ2) is 8.06. The van der Waals surface area contributed by atoms with E-state index in [2.05, 4.69) is 34.1 Å². The van der Waals surface area contributed by atoms with Gasteiger partial charge in [-0.3, -0.25) is 9.59 Å². The molecular formula is C20H24ClN3O2. The van der Waals surface area contributed by atoms with E-state index in [0.717, 1.165) is 31.4 Å². The molecule has 6 heteroatoms. The number of likely N-dealkylation sites (tertiary alicyclic amines) is 1. The maximum atomic E-state index is 13.0. The highest BCUT2D eigenvalue weighted by Crippen LogP contribution is 2.32. The Labute approximate surface area is 158 Å². The molecule has 0 unspecified atom stereocenters. The third-order valence-corrected chi connectivity index (χ3v) is 5.01. The molecule has 5 nitrogen and oxygen atoms in total. The summed E-state index contributed by atoms with van der Waals surface area (Å²) in [5.41, 5.74) is 2.44. The molecule has 138 valence electrons. The topological polar surface area (TPSA) is 56.4 Å². The van der Waals surface area contributed by atoms with Crippen LogP contribution in [-0.2, 0) is 6.54 Å². The summed E-state index contributed by atoms with van der Waals surface area (Å²) in [6.07, 6.45) is 4.47. The SMILES string of the molecule is CN(C)Cc1ccc([C@@H]2CCCCN2C(=O)c2c[nH]c(=O)c(Cl)c2)cc1. The molecule has 2 aromatic rings. The summed E-state index contributed by atoms with van der Waals surface area (Å²) in [7, 11) is 4.09.